The largest absolute Gasteiger partial charge is 0.383 e. The normalized spacial score (nSPS) is 33.5. The average Bonchev–Trinajstić information content (AvgIpc) is 2.55. The number of hydrogen-bond donors (Lipinski definition) is 1. The lowest BCUT2D eigenvalue weighted by Gasteiger charge is -2.48. The summed E-state index contributed by atoms with van der Waals surface area (Å²) >= 11 is 0. The number of piperidine rings is 1. The van der Waals surface area contributed by atoms with Gasteiger partial charge in [0.05, 0.1) is 0 Å². The molecule has 2 fully saturated rings. The first-order chi connectivity index (χ1) is 11.0. The Labute approximate surface area is 137 Å². The van der Waals surface area contributed by atoms with E-state index in [2.05, 4.69) is 4.90 Å². The first-order valence-electron chi connectivity index (χ1n) is 8.67. The Balaban J connectivity index is 1.99. The lowest BCUT2D eigenvalue weighted by atomic mass is 9.78. The van der Waals surface area contributed by atoms with Crippen LogP contribution >= 0.6 is 0 Å². The van der Waals surface area contributed by atoms with Crippen LogP contribution in [-0.4, -0.2) is 39.2 Å². The van der Waals surface area contributed by atoms with Crippen LogP contribution in [0.1, 0.15) is 57.1 Å². The van der Waals surface area contributed by atoms with E-state index in [0.29, 0.717) is 12.5 Å². The van der Waals surface area contributed by atoms with Gasteiger partial charge in [-0.15, -0.1) is 0 Å². The summed E-state index contributed by atoms with van der Waals surface area (Å²) in [4.78, 5) is 13.8. The van der Waals surface area contributed by atoms with Crippen LogP contribution in [0.25, 0.3) is 0 Å². The smallest absolute Gasteiger partial charge is 0.260 e. The molecule has 0 unspecified atom stereocenters. The fourth-order valence-electron chi connectivity index (χ4n) is 4.35. The van der Waals surface area contributed by atoms with Crippen LogP contribution in [0.5, 0.6) is 0 Å². The van der Waals surface area contributed by atoms with Crippen LogP contribution in [0.2, 0.25) is 0 Å². The van der Waals surface area contributed by atoms with E-state index >= 15 is 0 Å². The molecule has 0 radical (unpaired) electrons. The number of benzene rings is 1. The highest BCUT2D eigenvalue weighted by atomic mass is 16.6. The molecule has 5 nitrogen and oxygen atoms in total. The minimum absolute atomic E-state index is 0.271. The van der Waals surface area contributed by atoms with Gasteiger partial charge >= 0.3 is 0 Å². The lowest BCUT2D eigenvalue weighted by Crippen LogP contribution is -2.60. The molecule has 5 heteroatoms. The summed E-state index contributed by atoms with van der Waals surface area (Å²) in [5.41, 5.74) is -0.324. The summed E-state index contributed by atoms with van der Waals surface area (Å²) in [6.07, 6.45) is 6.32. The third-order valence-electron chi connectivity index (χ3n) is 5.58. The van der Waals surface area contributed by atoms with Crippen molar-refractivity contribution in [2.75, 3.05) is 6.54 Å². The first-order valence-corrected chi connectivity index (χ1v) is 8.67. The van der Waals surface area contributed by atoms with Gasteiger partial charge in [-0.25, -0.2) is 0 Å². The van der Waals surface area contributed by atoms with Gasteiger partial charge in [0.1, 0.15) is 11.6 Å². The van der Waals surface area contributed by atoms with Crippen molar-refractivity contribution < 1.29 is 10.0 Å². The van der Waals surface area contributed by atoms with E-state index in [1.807, 2.05) is 30.3 Å². The molecule has 3 atom stereocenters. The van der Waals surface area contributed by atoms with E-state index in [1.165, 1.54) is 19.3 Å². The molecule has 1 aromatic rings. The molecule has 1 aliphatic heterocycles. The second-order valence-electron chi connectivity index (χ2n) is 7.22. The highest BCUT2D eigenvalue weighted by Gasteiger charge is 2.54. The van der Waals surface area contributed by atoms with E-state index in [-0.39, 0.29) is 11.0 Å². The van der Waals surface area contributed by atoms with Crippen molar-refractivity contribution in [3.63, 3.8) is 0 Å². The molecule has 1 N–H and O–H groups in total. The molecule has 0 amide bonds. The summed E-state index contributed by atoms with van der Waals surface area (Å²) in [6, 6.07) is 8.75. The summed E-state index contributed by atoms with van der Waals surface area (Å²) < 4.78 is 0. The molecule has 1 saturated carbocycles. The number of nitro groups is 1. The second kappa shape index (κ2) is 6.57. The maximum Gasteiger partial charge on any atom is 0.260 e. The zero-order valence-corrected chi connectivity index (χ0v) is 13.7. The lowest BCUT2D eigenvalue weighted by molar-refractivity contribution is -0.559. The van der Waals surface area contributed by atoms with Crippen molar-refractivity contribution in [3.05, 3.63) is 46.0 Å². The molecule has 1 heterocycles. The molecule has 23 heavy (non-hydrogen) atoms. The molecule has 0 bridgehead atoms. The number of nitrogens with zero attached hydrogens (tertiary/aromatic N) is 2. The molecule has 1 saturated heterocycles. The Hall–Kier alpha value is -1.46. The summed E-state index contributed by atoms with van der Waals surface area (Å²) in [5, 5.41) is 22.5. The van der Waals surface area contributed by atoms with E-state index in [4.69, 9.17) is 0 Å². The van der Waals surface area contributed by atoms with Crippen molar-refractivity contribution in [1.29, 1.82) is 0 Å². The number of likely N-dealkylation sites (tertiary alicyclic amines) is 1. The molecule has 2 aliphatic rings. The number of aliphatic hydroxyl groups is 1. The zero-order chi connectivity index (χ0) is 16.4. The van der Waals surface area contributed by atoms with Crippen molar-refractivity contribution in [2.24, 2.45) is 0 Å². The van der Waals surface area contributed by atoms with Crippen molar-refractivity contribution in [2.45, 2.75) is 69.2 Å². The van der Waals surface area contributed by atoms with Crippen molar-refractivity contribution in [1.82, 2.24) is 4.90 Å². The molecule has 3 rings (SSSR count). The van der Waals surface area contributed by atoms with Gasteiger partial charge in [-0.1, -0.05) is 49.6 Å². The number of hydrogen-bond acceptors (Lipinski definition) is 4. The van der Waals surface area contributed by atoms with Gasteiger partial charge in [-0.2, -0.15) is 0 Å². The molecule has 126 valence electrons. The molecule has 0 aromatic heterocycles. The Morgan fingerprint density at radius 3 is 2.48 bits per heavy atom. The third-order valence-corrected chi connectivity index (χ3v) is 5.58. The van der Waals surface area contributed by atoms with Gasteiger partial charge in [0.15, 0.2) is 0 Å². The van der Waals surface area contributed by atoms with E-state index in [9.17, 15) is 15.2 Å². The summed E-state index contributed by atoms with van der Waals surface area (Å²) in [7, 11) is 0. The fourth-order valence-corrected chi connectivity index (χ4v) is 4.35. The standard InChI is InChI=1S/C18H26N2O3/c1-18(21)12-13-19(15-10-6-3-7-11-15)16(17(18)20(22)23)14-8-4-2-5-9-14/h2,4-5,8-9,15-17,21H,3,6-7,10-13H2,1H3/t16-,17-,18+/m1/s1. The Morgan fingerprint density at radius 1 is 1.22 bits per heavy atom. The number of rotatable bonds is 3. The predicted octanol–water partition coefficient (Wildman–Crippen LogP) is 3.16. The highest BCUT2D eigenvalue weighted by molar-refractivity contribution is 5.23. The maximum atomic E-state index is 11.8. The molecule has 1 aliphatic carbocycles. The first kappa shape index (κ1) is 16.4. The molecule has 1 aromatic carbocycles. The summed E-state index contributed by atoms with van der Waals surface area (Å²) in [5.74, 6) is 0. The Morgan fingerprint density at radius 2 is 1.87 bits per heavy atom. The van der Waals surface area contributed by atoms with Gasteiger partial charge in [0.2, 0.25) is 0 Å². The minimum atomic E-state index is -1.27. The van der Waals surface area contributed by atoms with E-state index < -0.39 is 11.6 Å². The van der Waals surface area contributed by atoms with Crippen LogP contribution in [0.3, 0.4) is 0 Å². The van der Waals surface area contributed by atoms with Gasteiger partial charge < -0.3 is 5.11 Å². The topological polar surface area (TPSA) is 66.6 Å². The van der Waals surface area contributed by atoms with Gasteiger partial charge in [0, 0.05) is 17.5 Å². The predicted molar refractivity (Wildman–Crippen MR) is 88.8 cm³/mol. The van der Waals surface area contributed by atoms with E-state index in [0.717, 1.165) is 24.9 Å². The van der Waals surface area contributed by atoms with Gasteiger partial charge in [-0.05, 0) is 31.7 Å². The van der Waals surface area contributed by atoms with E-state index in [1.54, 1.807) is 6.92 Å². The van der Waals surface area contributed by atoms with Crippen molar-refractivity contribution >= 4 is 0 Å². The quantitative estimate of drug-likeness (QED) is 0.686. The van der Waals surface area contributed by atoms with Crippen molar-refractivity contribution in [3.8, 4) is 0 Å². The zero-order valence-electron chi connectivity index (χ0n) is 13.7. The highest BCUT2D eigenvalue weighted by Crippen LogP contribution is 2.41. The molecule has 0 spiro atoms. The maximum absolute atomic E-state index is 11.8. The molecular formula is C18H26N2O3. The minimum Gasteiger partial charge on any atom is -0.383 e. The fraction of sp³-hybridized carbons (Fsp3) is 0.667. The van der Waals surface area contributed by atoms with Crippen LogP contribution in [-0.2, 0) is 0 Å². The van der Waals surface area contributed by atoms with Gasteiger partial charge in [-0.3, -0.25) is 15.0 Å². The Kier molecular flexibility index (Phi) is 4.69. The Bertz CT molecular complexity index is 540. The van der Waals surface area contributed by atoms with Gasteiger partial charge in [0.25, 0.3) is 6.04 Å². The monoisotopic (exact) mass is 318 g/mol. The van der Waals surface area contributed by atoms with Crippen LogP contribution in [0.15, 0.2) is 30.3 Å². The van der Waals surface area contributed by atoms with Crippen LogP contribution < -0.4 is 0 Å². The van der Waals surface area contributed by atoms with Crippen LogP contribution in [0.4, 0.5) is 0 Å². The SMILES string of the molecule is C[C@]1(O)CCN(C2CCCCC2)[C@H](c2ccccc2)[C@H]1[N+](=O)[O-]. The summed E-state index contributed by atoms with van der Waals surface area (Å²) in [6.45, 7) is 2.34. The second-order valence-corrected chi connectivity index (χ2v) is 7.22. The third kappa shape index (κ3) is 3.26. The average molecular weight is 318 g/mol. The van der Waals surface area contributed by atoms with Crippen LogP contribution in [0, 0.1) is 10.1 Å². The molecular weight excluding hydrogens is 292 g/mol.